The molecule has 9 nitrogen and oxygen atoms in total. The molecule has 3 rings (SSSR count). The Bertz CT molecular complexity index is 1090. The first-order valence-electron chi connectivity index (χ1n) is 8.50. The second-order valence-electron chi connectivity index (χ2n) is 6.44. The number of carbonyl (C=O) groups excluding carboxylic acids is 1. The van der Waals surface area contributed by atoms with Crippen molar-refractivity contribution in [1.82, 2.24) is 9.21 Å². The smallest absolute Gasteiger partial charge is 0.346 e. The zero-order valence-corrected chi connectivity index (χ0v) is 18.0. The van der Waals surface area contributed by atoms with Crippen LogP contribution in [0.1, 0.15) is 40.1 Å². The van der Waals surface area contributed by atoms with E-state index in [-0.39, 0.29) is 42.5 Å². The summed E-state index contributed by atoms with van der Waals surface area (Å²) in [6.07, 6.45) is 0. The first-order valence-corrected chi connectivity index (χ1v) is 11.6. The van der Waals surface area contributed by atoms with Crippen molar-refractivity contribution in [2.75, 3.05) is 26.2 Å². The van der Waals surface area contributed by atoms with Crippen LogP contribution in [-0.2, 0) is 10.0 Å². The number of piperazine rings is 1. The summed E-state index contributed by atoms with van der Waals surface area (Å²) in [6, 6.07) is 3.57. The lowest BCUT2D eigenvalue weighted by Crippen LogP contribution is -2.50. The summed E-state index contributed by atoms with van der Waals surface area (Å²) in [4.78, 5) is 38.3. The van der Waals surface area contributed by atoms with E-state index in [9.17, 15) is 33.0 Å². The monoisotopic (exact) mass is 458 g/mol. The van der Waals surface area contributed by atoms with E-state index < -0.39 is 31.7 Å². The van der Waals surface area contributed by atoms with Gasteiger partial charge in [-0.05, 0) is 31.5 Å². The molecule has 1 amide bonds. The number of amides is 1. The number of hydrogen-bond donors (Lipinski definition) is 2. The van der Waals surface area contributed by atoms with E-state index in [1.165, 1.54) is 18.3 Å². The van der Waals surface area contributed by atoms with E-state index in [2.05, 4.69) is 0 Å². The first-order chi connectivity index (χ1) is 13.5. The van der Waals surface area contributed by atoms with Gasteiger partial charge in [-0.25, -0.2) is 18.0 Å². The second-order valence-corrected chi connectivity index (χ2v) is 10.9. The second kappa shape index (κ2) is 7.86. The van der Waals surface area contributed by atoms with Crippen molar-refractivity contribution in [3.8, 4) is 0 Å². The number of carboxylic acid groups (broad SMARTS) is 2. The zero-order valence-electron chi connectivity index (χ0n) is 15.5. The number of carboxylic acids is 2. The molecule has 0 saturated carbocycles. The average Bonchev–Trinajstić information content (AvgIpc) is 3.25. The maximum atomic E-state index is 13.0. The molecular formula is C17H18N2O7S3. The number of aryl methyl sites for hydroxylation is 1. The number of sulfonamides is 1. The molecule has 0 unspecified atom stereocenters. The number of rotatable bonds is 5. The van der Waals surface area contributed by atoms with Crippen LogP contribution in [0.25, 0.3) is 0 Å². The Balaban J connectivity index is 1.84. The SMILES string of the molecule is Cc1ccc(C(=O)N2CCN(S(=O)(=O)c3sc(C(=O)O)c(C)c3C(=O)O)CC2)s1. The summed E-state index contributed by atoms with van der Waals surface area (Å²) in [5, 5.41) is 18.7. The van der Waals surface area contributed by atoms with Crippen LogP contribution in [-0.4, -0.2) is 71.9 Å². The van der Waals surface area contributed by atoms with Crippen molar-refractivity contribution in [3.63, 3.8) is 0 Å². The van der Waals surface area contributed by atoms with Crippen LogP contribution < -0.4 is 0 Å². The molecule has 0 spiro atoms. The van der Waals surface area contributed by atoms with Gasteiger partial charge in [0.25, 0.3) is 15.9 Å². The Labute approximate surface area is 174 Å². The summed E-state index contributed by atoms with van der Waals surface area (Å²) < 4.78 is 26.7. The Morgan fingerprint density at radius 2 is 1.59 bits per heavy atom. The maximum Gasteiger partial charge on any atom is 0.346 e. The van der Waals surface area contributed by atoms with Crippen molar-refractivity contribution in [3.05, 3.63) is 37.9 Å². The third-order valence-electron chi connectivity index (χ3n) is 4.57. The minimum absolute atomic E-state index is 0.00313. The van der Waals surface area contributed by atoms with Crippen LogP contribution in [0, 0.1) is 13.8 Å². The number of aromatic carboxylic acids is 2. The molecule has 3 heterocycles. The van der Waals surface area contributed by atoms with E-state index in [0.29, 0.717) is 16.2 Å². The lowest BCUT2D eigenvalue weighted by Gasteiger charge is -2.33. The molecule has 1 fully saturated rings. The molecule has 0 bridgehead atoms. The lowest BCUT2D eigenvalue weighted by atomic mass is 10.2. The fraction of sp³-hybridized carbons (Fsp3) is 0.353. The number of thiophene rings is 2. The van der Waals surface area contributed by atoms with Crippen molar-refractivity contribution in [1.29, 1.82) is 0 Å². The maximum absolute atomic E-state index is 13.0. The number of nitrogens with zero attached hydrogens (tertiary/aromatic N) is 2. The van der Waals surface area contributed by atoms with Gasteiger partial charge >= 0.3 is 11.9 Å². The summed E-state index contributed by atoms with van der Waals surface area (Å²) in [5.74, 6) is -3.05. The predicted molar refractivity (Wildman–Crippen MR) is 107 cm³/mol. The Morgan fingerprint density at radius 3 is 2.07 bits per heavy atom. The first kappa shape index (κ1) is 21.4. The van der Waals surface area contributed by atoms with Gasteiger partial charge in [0, 0.05) is 31.1 Å². The molecular weight excluding hydrogens is 440 g/mol. The Kier molecular flexibility index (Phi) is 5.81. The highest BCUT2D eigenvalue weighted by atomic mass is 32.2. The fourth-order valence-electron chi connectivity index (χ4n) is 3.07. The third-order valence-corrected chi connectivity index (χ3v) is 9.24. The average molecular weight is 459 g/mol. The summed E-state index contributed by atoms with van der Waals surface area (Å²) in [5.41, 5.74) is -0.601. The summed E-state index contributed by atoms with van der Waals surface area (Å²) >= 11 is 1.80. The Morgan fingerprint density at radius 1 is 0.966 bits per heavy atom. The van der Waals surface area contributed by atoms with Crippen LogP contribution in [0.15, 0.2) is 16.3 Å². The predicted octanol–water partition coefficient (Wildman–Crippen LogP) is 1.97. The van der Waals surface area contributed by atoms with Crippen LogP contribution in [0.5, 0.6) is 0 Å². The van der Waals surface area contributed by atoms with Gasteiger partial charge in [-0.2, -0.15) is 4.31 Å². The van der Waals surface area contributed by atoms with Gasteiger partial charge < -0.3 is 15.1 Å². The molecule has 12 heteroatoms. The third kappa shape index (κ3) is 3.92. The zero-order chi connectivity index (χ0) is 21.5. The molecule has 0 atom stereocenters. The molecule has 1 aliphatic heterocycles. The van der Waals surface area contributed by atoms with Gasteiger partial charge in [-0.15, -0.1) is 22.7 Å². The van der Waals surface area contributed by atoms with E-state index in [1.807, 2.05) is 13.0 Å². The standard InChI is InChI=1S/C17H18N2O7S3/c1-9-3-4-11(27-9)14(20)18-5-7-19(8-6-18)29(25,26)17-12(15(21)22)10(2)13(28-17)16(23)24/h3-4H,5-8H2,1-2H3,(H,21,22)(H,23,24). The minimum Gasteiger partial charge on any atom is -0.478 e. The van der Waals surface area contributed by atoms with Crippen molar-refractivity contribution < 1.29 is 33.0 Å². The molecule has 0 radical (unpaired) electrons. The Hall–Kier alpha value is -2.28. The summed E-state index contributed by atoms with van der Waals surface area (Å²) in [6.45, 7) is 3.48. The van der Waals surface area contributed by atoms with Crippen LogP contribution in [0.3, 0.4) is 0 Å². The lowest BCUT2D eigenvalue weighted by molar-refractivity contribution is 0.0691. The topological polar surface area (TPSA) is 132 Å². The molecule has 1 aliphatic rings. The molecule has 1 saturated heterocycles. The highest BCUT2D eigenvalue weighted by molar-refractivity contribution is 7.91. The van der Waals surface area contributed by atoms with Gasteiger partial charge in [0.15, 0.2) is 4.21 Å². The molecule has 2 aromatic rings. The number of hydrogen-bond acceptors (Lipinski definition) is 7. The van der Waals surface area contributed by atoms with Gasteiger partial charge in [-0.1, -0.05) is 0 Å². The van der Waals surface area contributed by atoms with Crippen LogP contribution in [0.4, 0.5) is 0 Å². The molecule has 2 N–H and O–H groups in total. The van der Waals surface area contributed by atoms with Crippen LogP contribution >= 0.6 is 22.7 Å². The van der Waals surface area contributed by atoms with Gasteiger partial charge in [0.2, 0.25) is 0 Å². The van der Waals surface area contributed by atoms with Crippen molar-refractivity contribution in [2.45, 2.75) is 18.1 Å². The van der Waals surface area contributed by atoms with Crippen molar-refractivity contribution >= 4 is 50.5 Å². The highest BCUT2D eigenvalue weighted by Gasteiger charge is 2.37. The molecule has 0 aliphatic carbocycles. The fourth-order valence-corrected chi connectivity index (χ4v) is 7.14. The van der Waals surface area contributed by atoms with Gasteiger partial charge in [0.1, 0.15) is 4.88 Å². The molecule has 29 heavy (non-hydrogen) atoms. The van der Waals surface area contributed by atoms with Gasteiger partial charge in [0.05, 0.1) is 10.4 Å². The number of carbonyl (C=O) groups is 3. The van der Waals surface area contributed by atoms with Gasteiger partial charge in [-0.3, -0.25) is 4.79 Å². The normalized spacial score (nSPS) is 15.4. The quantitative estimate of drug-likeness (QED) is 0.700. The van der Waals surface area contributed by atoms with E-state index in [1.54, 1.807) is 11.0 Å². The van der Waals surface area contributed by atoms with E-state index in [0.717, 1.165) is 9.18 Å². The highest BCUT2D eigenvalue weighted by Crippen LogP contribution is 2.34. The molecule has 0 aromatic carbocycles. The largest absolute Gasteiger partial charge is 0.478 e. The van der Waals surface area contributed by atoms with Crippen molar-refractivity contribution in [2.24, 2.45) is 0 Å². The summed E-state index contributed by atoms with van der Waals surface area (Å²) in [7, 11) is -4.21. The van der Waals surface area contributed by atoms with E-state index >= 15 is 0 Å². The minimum atomic E-state index is -4.21. The molecule has 156 valence electrons. The molecule has 2 aromatic heterocycles. The van der Waals surface area contributed by atoms with E-state index in [4.69, 9.17) is 0 Å². The van der Waals surface area contributed by atoms with Crippen LogP contribution in [0.2, 0.25) is 0 Å².